The molecular formula is C27H32ClN3O4. The number of hydrogen-bond donors (Lipinski definition) is 1. The Labute approximate surface area is 211 Å². The first kappa shape index (κ1) is 25.2. The van der Waals surface area contributed by atoms with E-state index in [1.54, 1.807) is 6.07 Å². The number of amides is 4. The number of carbonyl (C=O) groups excluding carboxylic acids is 3. The lowest BCUT2D eigenvalue weighted by Crippen LogP contribution is -2.58. The maximum atomic E-state index is 13.7. The molecule has 1 N–H and O–H groups in total. The Morgan fingerprint density at radius 1 is 1.14 bits per heavy atom. The summed E-state index contributed by atoms with van der Waals surface area (Å²) in [6.07, 6.45) is 1.51. The molecule has 0 spiro atoms. The van der Waals surface area contributed by atoms with Gasteiger partial charge in [-0.05, 0) is 55.9 Å². The Morgan fingerprint density at radius 2 is 1.86 bits per heavy atom. The van der Waals surface area contributed by atoms with Gasteiger partial charge in [0.05, 0.1) is 13.2 Å². The quantitative estimate of drug-likeness (QED) is 0.587. The van der Waals surface area contributed by atoms with Gasteiger partial charge in [0.1, 0.15) is 5.54 Å². The smallest absolute Gasteiger partial charge is 0.325 e. The number of hydrogen-bond acceptors (Lipinski definition) is 4. The molecule has 7 nitrogen and oxygen atoms in total. The van der Waals surface area contributed by atoms with Crippen LogP contribution in [0.15, 0.2) is 42.5 Å². The topological polar surface area (TPSA) is 79.0 Å². The summed E-state index contributed by atoms with van der Waals surface area (Å²) in [7, 11) is 1.54. The Morgan fingerprint density at radius 3 is 2.51 bits per heavy atom. The van der Waals surface area contributed by atoms with Crippen LogP contribution in [0.4, 0.5) is 4.79 Å². The molecule has 186 valence electrons. The number of nitrogens with zero attached hydrogens (tertiary/aromatic N) is 2. The van der Waals surface area contributed by atoms with Gasteiger partial charge >= 0.3 is 6.03 Å². The minimum absolute atomic E-state index is 0.00427. The third-order valence-electron chi connectivity index (χ3n) is 7.24. The van der Waals surface area contributed by atoms with Crippen LogP contribution in [-0.2, 0) is 16.0 Å². The number of carbonyl (C=O) groups is 3. The van der Waals surface area contributed by atoms with Crippen LogP contribution in [0.3, 0.4) is 0 Å². The minimum Gasteiger partial charge on any atom is -0.383 e. The Balaban J connectivity index is 1.57. The molecule has 2 saturated heterocycles. The van der Waals surface area contributed by atoms with Crippen LogP contribution in [0.5, 0.6) is 0 Å². The molecule has 2 aliphatic rings. The Kier molecular flexibility index (Phi) is 7.47. The first-order valence-corrected chi connectivity index (χ1v) is 12.4. The van der Waals surface area contributed by atoms with Gasteiger partial charge < -0.3 is 15.0 Å². The highest BCUT2D eigenvalue weighted by molar-refractivity contribution is 6.31. The highest BCUT2D eigenvalue weighted by atomic mass is 35.5. The Bertz CT molecular complexity index is 1130. The van der Waals surface area contributed by atoms with E-state index in [0.717, 1.165) is 16.7 Å². The standard InChI is InChI=1S/C27H32ClN3O4/c1-18-8-9-22(19(2)16-18)24(32)30-12-10-21(11-13-30)27(17-20-6-4-5-7-23(20)28)25(33)31(14-15-35-3)26(34)29-27/h4-9,16,21H,10-15,17H2,1-3H3,(H,29,34). The van der Waals surface area contributed by atoms with Crippen LogP contribution in [0.25, 0.3) is 0 Å². The molecule has 0 radical (unpaired) electrons. The number of benzene rings is 2. The average Bonchev–Trinajstić information content (AvgIpc) is 3.08. The fourth-order valence-corrected chi connectivity index (χ4v) is 5.52. The number of methoxy groups -OCH3 is 1. The predicted octanol–water partition coefficient (Wildman–Crippen LogP) is 3.99. The van der Waals surface area contributed by atoms with Gasteiger partial charge in [0, 0.05) is 37.2 Å². The van der Waals surface area contributed by atoms with Crippen molar-refractivity contribution in [3.63, 3.8) is 0 Å². The monoisotopic (exact) mass is 497 g/mol. The summed E-state index contributed by atoms with van der Waals surface area (Å²) in [5.74, 6) is -0.380. The van der Waals surface area contributed by atoms with Crippen LogP contribution < -0.4 is 5.32 Å². The van der Waals surface area contributed by atoms with Crippen LogP contribution in [0.1, 0.15) is 39.9 Å². The van der Waals surface area contributed by atoms with E-state index in [1.807, 2.05) is 55.1 Å². The summed E-state index contributed by atoms with van der Waals surface area (Å²) in [6, 6.07) is 12.8. The van der Waals surface area contributed by atoms with Crippen molar-refractivity contribution >= 4 is 29.4 Å². The van der Waals surface area contributed by atoms with Gasteiger partial charge in [-0.3, -0.25) is 14.5 Å². The zero-order valence-corrected chi connectivity index (χ0v) is 21.2. The lowest BCUT2D eigenvalue weighted by molar-refractivity contribution is -0.134. The molecular weight excluding hydrogens is 466 g/mol. The second-order valence-electron chi connectivity index (χ2n) is 9.50. The first-order chi connectivity index (χ1) is 16.8. The third-order valence-corrected chi connectivity index (χ3v) is 7.61. The minimum atomic E-state index is -1.11. The molecule has 0 bridgehead atoms. The first-order valence-electron chi connectivity index (χ1n) is 12.0. The zero-order chi connectivity index (χ0) is 25.2. The molecule has 1 unspecified atom stereocenters. The number of halogens is 1. The maximum Gasteiger partial charge on any atom is 0.325 e. The molecule has 8 heteroatoms. The number of imide groups is 1. The number of piperidine rings is 1. The Hall–Kier alpha value is -2.90. The van der Waals surface area contributed by atoms with Gasteiger partial charge in [-0.25, -0.2) is 4.79 Å². The molecule has 4 rings (SSSR count). The van der Waals surface area contributed by atoms with Crippen LogP contribution >= 0.6 is 11.6 Å². The number of ether oxygens (including phenoxy) is 1. The van der Waals surface area contributed by atoms with Crippen molar-refractivity contribution in [1.82, 2.24) is 15.1 Å². The van der Waals surface area contributed by atoms with Gasteiger partial charge in [-0.15, -0.1) is 0 Å². The van der Waals surface area contributed by atoms with Crippen molar-refractivity contribution in [2.75, 3.05) is 33.4 Å². The highest BCUT2D eigenvalue weighted by Crippen LogP contribution is 2.38. The number of likely N-dealkylation sites (tertiary alicyclic amines) is 1. The molecule has 0 saturated carbocycles. The molecule has 4 amide bonds. The van der Waals surface area contributed by atoms with E-state index in [0.29, 0.717) is 42.9 Å². The molecule has 35 heavy (non-hydrogen) atoms. The van der Waals surface area contributed by atoms with Gasteiger partial charge in [0.25, 0.3) is 11.8 Å². The van der Waals surface area contributed by atoms with Gasteiger partial charge in [0.15, 0.2) is 0 Å². The summed E-state index contributed by atoms with van der Waals surface area (Å²) >= 11 is 6.46. The summed E-state index contributed by atoms with van der Waals surface area (Å²) in [6.45, 7) is 5.45. The van der Waals surface area contributed by atoms with E-state index in [1.165, 1.54) is 12.0 Å². The van der Waals surface area contributed by atoms with Gasteiger partial charge in [0.2, 0.25) is 0 Å². The van der Waals surface area contributed by atoms with E-state index in [9.17, 15) is 14.4 Å². The third kappa shape index (κ3) is 4.93. The second-order valence-corrected chi connectivity index (χ2v) is 9.91. The lowest BCUT2D eigenvalue weighted by Gasteiger charge is -2.41. The SMILES string of the molecule is COCCN1C(=O)NC(Cc2ccccc2Cl)(C2CCN(C(=O)c3ccc(C)cc3C)CC2)C1=O. The number of urea groups is 1. The highest BCUT2D eigenvalue weighted by Gasteiger charge is 2.56. The summed E-state index contributed by atoms with van der Waals surface area (Å²) in [4.78, 5) is 42.9. The molecule has 2 fully saturated rings. The molecule has 2 heterocycles. The van der Waals surface area contributed by atoms with Crippen molar-refractivity contribution in [3.8, 4) is 0 Å². The van der Waals surface area contributed by atoms with Crippen molar-refractivity contribution in [3.05, 3.63) is 69.7 Å². The number of rotatable bonds is 7. The number of nitrogens with one attached hydrogen (secondary N) is 1. The van der Waals surface area contributed by atoms with E-state index in [4.69, 9.17) is 16.3 Å². The second kappa shape index (κ2) is 10.4. The molecule has 0 aromatic heterocycles. The molecule has 2 aromatic carbocycles. The van der Waals surface area contributed by atoms with E-state index in [2.05, 4.69) is 5.32 Å². The van der Waals surface area contributed by atoms with Crippen LogP contribution in [0, 0.1) is 19.8 Å². The van der Waals surface area contributed by atoms with Crippen molar-refractivity contribution < 1.29 is 19.1 Å². The van der Waals surface area contributed by atoms with E-state index < -0.39 is 11.6 Å². The largest absolute Gasteiger partial charge is 0.383 e. The van der Waals surface area contributed by atoms with Gasteiger partial charge in [-0.1, -0.05) is 47.5 Å². The predicted molar refractivity (Wildman–Crippen MR) is 135 cm³/mol. The molecule has 0 aliphatic carbocycles. The molecule has 2 aliphatic heterocycles. The summed E-state index contributed by atoms with van der Waals surface area (Å²) < 4.78 is 5.11. The van der Waals surface area contributed by atoms with Crippen molar-refractivity contribution in [2.24, 2.45) is 5.92 Å². The van der Waals surface area contributed by atoms with Crippen molar-refractivity contribution in [1.29, 1.82) is 0 Å². The fraction of sp³-hybridized carbons (Fsp3) is 0.444. The average molecular weight is 498 g/mol. The molecule has 1 atom stereocenters. The lowest BCUT2D eigenvalue weighted by atomic mass is 9.73. The van der Waals surface area contributed by atoms with E-state index >= 15 is 0 Å². The summed E-state index contributed by atoms with van der Waals surface area (Å²) in [5.41, 5.74) is 2.48. The van der Waals surface area contributed by atoms with Crippen molar-refractivity contribution in [2.45, 2.75) is 38.6 Å². The van der Waals surface area contributed by atoms with Crippen LogP contribution in [-0.4, -0.2) is 66.5 Å². The van der Waals surface area contributed by atoms with Gasteiger partial charge in [-0.2, -0.15) is 0 Å². The number of aryl methyl sites for hydroxylation is 2. The zero-order valence-electron chi connectivity index (χ0n) is 20.5. The maximum absolute atomic E-state index is 13.7. The summed E-state index contributed by atoms with van der Waals surface area (Å²) in [5, 5.41) is 3.59. The fourth-order valence-electron chi connectivity index (χ4n) is 5.31. The van der Waals surface area contributed by atoms with Crippen LogP contribution in [0.2, 0.25) is 5.02 Å². The van der Waals surface area contributed by atoms with E-state index in [-0.39, 0.29) is 30.9 Å². The molecule has 2 aromatic rings. The normalized spacial score (nSPS) is 20.9.